The molecule has 3 nitrogen and oxygen atoms in total. The van der Waals surface area contributed by atoms with Crippen molar-refractivity contribution in [3.63, 3.8) is 0 Å². The zero-order valence-corrected chi connectivity index (χ0v) is 12.5. The van der Waals surface area contributed by atoms with Crippen LogP contribution in [0.2, 0.25) is 0 Å². The summed E-state index contributed by atoms with van der Waals surface area (Å²) >= 11 is 0. The van der Waals surface area contributed by atoms with Gasteiger partial charge in [-0.1, -0.05) is 51.1 Å². The van der Waals surface area contributed by atoms with Gasteiger partial charge in [-0.3, -0.25) is 4.79 Å². The second kappa shape index (κ2) is 4.85. The van der Waals surface area contributed by atoms with E-state index in [0.29, 0.717) is 11.1 Å². The Hall–Kier alpha value is -2.42. The van der Waals surface area contributed by atoms with Gasteiger partial charge < -0.3 is 4.98 Å². The summed E-state index contributed by atoms with van der Waals surface area (Å²) in [7, 11) is 0. The van der Waals surface area contributed by atoms with E-state index in [1.165, 1.54) is 0 Å². The van der Waals surface area contributed by atoms with Crippen LogP contribution in [0.4, 0.5) is 0 Å². The number of ketones is 1. The second-order valence-corrected chi connectivity index (χ2v) is 6.26. The van der Waals surface area contributed by atoms with E-state index >= 15 is 0 Å². The monoisotopic (exact) mass is 278 g/mol. The van der Waals surface area contributed by atoms with Crippen molar-refractivity contribution < 1.29 is 4.79 Å². The van der Waals surface area contributed by atoms with Crippen LogP contribution in [-0.4, -0.2) is 15.8 Å². The molecule has 0 fully saturated rings. The molecule has 0 spiro atoms. The molecule has 3 heteroatoms. The molecule has 0 radical (unpaired) electrons. The third-order valence-corrected chi connectivity index (χ3v) is 3.49. The fourth-order valence-electron chi connectivity index (χ4n) is 2.26. The highest BCUT2D eigenvalue weighted by molar-refractivity contribution is 6.10. The molecule has 1 N–H and O–H groups in total. The Labute approximate surface area is 124 Å². The minimum absolute atomic E-state index is 0.0319. The Morgan fingerprint density at radius 3 is 2.38 bits per heavy atom. The maximum Gasteiger partial charge on any atom is 0.193 e. The number of fused-ring (bicyclic) bond motifs is 1. The van der Waals surface area contributed by atoms with Gasteiger partial charge in [0.1, 0.15) is 5.82 Å². The number of nitrogens with one attached hydrogen (secondary N) is 1. The predicted molar refractivity (Wildman–Crippen MR) is 84.7 cm³/mol. The first-order valence-electron chi connectivity index (χ1n) is 7.05. The molecule has 0 aliphatic heterocycles. The lowest BCUT2D eigenvalue weighted by atomic mass is 9.96. The fourth-order valence-corrected chi connectivity index (χ4v) is 2.26. The summed E-state index contributed by atoms with van der Waals surface area (Å²) in [5, 5.41) is 0. The normalized spacial score (nSPS) is 11.8. The Bertz CT molecular complexity index is 795. The van der Waals surface area contributed by atoms with Gasteiger partial charge in [-0.05, 0) is 18.2 Å². The Balaban J connectivity index is 2.03. The number of aromatic amines is 1. The molecular weight excluding hydrogens is 260 g/mol. The number of aromatic nitrogens is 2. The van der Waals surface area contributed by atoms with Gasteiger partial charge in [0, 0.05) is 16.5 Å². The summed E-state index contributed by atoms with van der Waals surface area (Å²) in [4.78, 5) is 20.4. The highest BCUT2D eigenvalue weighted by Crippen LogP contribution is 2.23. The van der Waals surface area contributed by atoms with Crippen molar-refractivity contribution in [1.82, 2.24) is 9.97 Å². The second-order valence-electron chi connectivity index (χ2n) is 6.26. The number of carbonyl (C=O) groups excluding carboxylic acids is 1. The van der Waals surface area contributed by atoms with Crippen LogP contribution >= 0.6 is 0 Å². The van der Waals surface area contributed by atoms with Crippen molar-refractivity contribution in [3.8, 4) is 0 Å². The standard InChI is InChI=1S/C18H18N2O/c1-18(2,3)17-19-14-10-9-13(11-15(14)20-17)16(21)12-7-5-4-6-8-12/h4-11H,1-3H3,(H,19,20). The van der Waals surface area contributed by atoms with E-state index in [-0.39, 0.29) is 11.2 Å². The molecule has 0 saturated heterocycles. The minimum Gasteiger partial charge on any atom is -0.342 e. The van der Waals surface area contributed by atoms with E-state index in [4.69, 9.17) is 0 Å². The van der Waals surface area contributed by atoms with E-state index in [2.05, 4.69) is 30.7 Å². The Morgan fingerprint density at radius 1 is 1.00 bits per heavy atom. The van der Waals surface area contributed by atoms with Crippen LogP contribution in [0.5, 0.6) is 0 Å². The van der Waals surface area contributed by atoms with Crippen LogP contribution in [0.3, 0.4) is 0 Å². The van der Waals surface area contributed by atoms with Crippen molar-refractivity contribution in [2.45, 2.75) is 26.2 Å². The van der Waals surface area contributed by atoms with E-state index in [0.717, 1.165) is 16.9 Å². The minimum atomic E-state index is -0.0391. The highest BCUT2D eigenvalue weighted by Gasteiger charge is 2.19. The lowest BCUT2D eigenvalue weighted by Gasteiger charge is -2.13. The molecule has 0 aliphatic carbocycles. The number of benzene rings is 2. The predicted octanol–water partition coefficient (Wildman–Crippen LogP) is 4.09. The van der Waals surface area contributed by atoms with Crippen molar-refractivity contribution in [3.05, 3.63) is 65.5 Å². The average Bonchev–Trinajstić information content (AvgIpc) is 2.90. The summed E-state index contributed by atoms with van der Waals surface area (Å²) in [6.07, 6.45) is 0. The quantitative estimate of drug-likeness (QED) is 0.717. The van der Waals surface area contributed by atoms with Gasteiger partial charge in [0.2, 0.25) is 0 Å². The van der Waals surface area contributed by atoms with Gasteiger partial charge in [0.05, 0.1) is 11.0 Å². The first-order valence-corrected chi connectivity index (χ1v) is 7.05. The molecule has 21 heavy (non-hydrogen) atoms. The number of imidazole rings is 1. The van der Waals surface area contributed by atoms with E-state index in [1.807, 2.05) is 48.5 Å². The van der Waals surface area contributed by atoms with Crippen molar-refractivity contribution >= 4 is 16.8 Å². The Morgan fingerprint density at radius 2 is 1.71 bits per heavy atom. The molecule has 0 atom stereocenters. The SMILES string of the molecule is CC(C)(C)c1nc2ccc(C(=O)c3ccccc3)cc2[nH]1. The van der Waals surface area contributed by atoms with Crippen LogP contribution in [0.25, 0.3) is 11.0 Å². The summed E-state index contributed by atoms with van der Waals surface area (Å²) in [5.41, 5.74) is 3.14. The van der Waals surface area contributed by atoms with Crippen LogP contribution < -0.4 is 0 Å². The third kappa shape index (κ3) is 2.59. The van der Waals surface area contributed by atoms with E-state index < -0.39 is 0 Å². The summed E-state index contributed by atoms with van der Waals surface area (Å²) < 4.78 is 0. The van der Waals surface area contributed by atoms with Gasteiger partial charge in [-0.25, -0.2) is 4.98 Å². The molecule has 0 saturated carbocycles. The van der Waals surface area contributed by atoms with Crippen molar-refractivity contribution in [2.75, 3.05) is 0 Å². The molecule has 2 aromatic carbocycles. The average molecular weight is 278 g/mol. The van der Waals surface area contributed by atoms with Crippen molar-refractivity contribution in [1.29, 1.82) is 0 Å². The molecule has 3 aromatic rings. The molecular formula is C18H18N2O. The number of rotatable bonds is 2. The van der Waals surface area contributed by atoms with Crippen LogP contribution in [-0.2, 0) is 5.41 Å². The third-order valence-electron chi connectivity index (χ3n) is 3.49. The highest BCUT2D eigenvalue weighted by atomic mass is 16.1. The maximum absolute atomic E-state index is 12.5. The number of nitrogens with zero attached hydrogens (tertiary/aromatic N) is 1. The summed E-state index contributed by atoms with van der Waals surface area (Å²) in [6.45, 7) is 6.34. The van der Waals surface area contributed by atoms with Gasteiger partial charge in [0.25, 0.3) is 0 Å². The summed E-state index contributed by atoms with van der Waals surface area (Å²) in [5.74, 6) is 0.964. The van der Waals surface area contributed by atoms with Crippen molar-refractivity contribution in [2.24, 2.45) is 0 Å². The molecule has 0 amide bonds. The van der Waals surface area contributed by atoms with Crippen LogP contribution in [0, 0.1) is 0 Å². The molecule has 106 valence electrons. The van der Waals surface area contributed by atoms with E-state index in [1.54, 1.807) is 0 Å². The number of H-pyrrole nitrogens is 1. The molecule has 1 aromatic heterocycles. The van der Waals surface area contributed by atoms with Gasteiger partial charge in [0.15, 0.2) is 5.78 Å². The van der Waals surface area contributed by atoms with E-state index in [9.17, 15) is 4.79 Å². The molecule has 0 aliphatic rings. The smallest absolute Gasteiger partial charge is 0.193 e. The molecule has 1 heterocycles. The fraction of sp³-hybridized carbons (Fsp3) is 0.222. The molecule has 3 rings (SSSR count). The first kappa shape index (κ1) is 13.6. The number of hydrogen-bond acceptors (Lipinski definition) is 2. The number of hydrogen-bond donors (Lipinski definition) is 1. The number of carbonyl (C=O) groups is 1. The Kier molecular flexibility index (Phi) is 3.13. The van der Waals surface area contributed by atoms with Crippen LogP contribution in [0.15, 0.2) is 48.5 Å². The lowest BCUT2D eigenvalue weighted by molar-refractivity contribution is 0.103. The van der Waals surface area contributed by atoms with Gasteiger partial charge in [-0.2, -0.15) is 0 Å². The van der Waals surface area contributed by atoms with Gasteiger partial charge >= 0.3 is 0 Å². The zero-order chi connectivity index (χ0) is 15.0. The topological polar surface area (TPSA) is 45.8 Å². The summed E-state index contributed by atoms with van der Waals surface area (Å²) in [6, 6.07) is 14.9. The first-order chi connectivity index (χ1) is 9.95. The maximum atomic E-state index is 12.5. The van der Waals surface area contributed by atoms with Crippen LogP contribution in [0.1, 0.15) is 42.5 Å². The zero-order valence-electron chi connectivity index (χ0n) is 12.5. The lowest BCUT2D eigenvalue weighted by Crippen LogP contribution is -2.12. The molecule has 0 bridgehead atoms. The van der Waals surface area contributed by atoms with Gasteiger partial charge in [-0.15, -0.1) is 0 Å². The largest absolute Gasteiger partial charge is 0.342 e. The molecule has 0 unspecified atom stereocenters.